The molecule has 0 bridgehead atoms. The Balaban J connectivity index is 1.62. The first-order valence-corrected chi connectivity index (χ1v) is 9.35. The summed E-state index contributed by atoms with van der Waals surface area (Å²) in [7, 11) is 0. The molecule has 0 aliphatic carbocycles. The molecule has 3 aromatic rings. The van der Waals surface area contributed by atoms with E-state index in [1.54, 1.807) is 6.92 Å². The predicted octanol–water partition coefficient (Wildman–Crippen LogP) is 2.38. The van der Waals surface area contributed by atoms with Crippen molar-refractivity contribution in [1.82, 2.24) is 14.6 Å². The smallest absolute Gasteiger partial charge is 0.275 e. The van der Waals surface area contributed by atoms with Gasteiger partial charge in [-0.15, -0.1) is 5.10 Å². The number of nitrogens with zero attached hydrogens (tertiary/aromatic N) is 4. The average molecular weight is 369 g/mol. The summed E-state index contributed by atoms with van der Waals surface area (Å²) in [5.41, 5.74) is 2.31. The van der Waals surface area contributed by atoms with E-state index in [1.807, 2.05) is 36.1 Å². The third-order valence-electron chi connectivity index (χ3n) is 4.57. The number of hydrogen-bond acceptors (Lipinski definition) is 6. The number of carbonyl (C=O) groups excluding carboxylic acids is 1. The summed E-state index contributed by atoms with van der Waals surface area (Å²) in [6.07, 6.45) is 1.66. The van der Waals surface area contributed by atoms with Crippen LogP contribution in [0.4, 0.5) is 10.8 Å². The number of anilines is 2. The van der Waals surface area contributed by atoms with Gasteiger partial charge >= 0.3 is 0 Å². The summed E-state index contributed by atoms with van der Waals surface area (Å²) in [6.45, 7) is 4.49. The maximum atomic E-state index is 12.8. The van der Waals surface area contributed by atoms with Gasteiger partial charge in [0.1, 0.15) is 6.04 Å². The molecule has 8 heteroatoms. The second-order valence-corrected chi connectivity index (χ2v) is 7.40. The lowest BCUT2D eigenvalue weighted by molar-refractivity contribution is -0.117. The largest absolute Gasteiger partial charge is 0.335 e. The Morgan fingerprint density at radius 3 is 2.92 bits per heavy atom. The summed E-state index contributed by atoms with van der Waals surface area (Å²) in [5.74, 6) is -0.0486. The van der Waals surface area contributed by atoms with Crippen LogP contribution in [-0.4, -0.2) is 33.1 Å². The normalized spacial score (nSPS) is 17.0. The minimum atomic E-state index is -0.299. The molecule has 1 aliphatic rings. The molecule has 1 saturated heterocycles. The van der Waals surface area contributed by atoms with Gasteiger partial charge in [-0.25, -0.2) is 4.98 Å². The van der Waals surface area contributed by atoms with E-state index in [1.165, 1.54) is 21.9 Å². The van der Waals surface area contributed by atoms with Crippen molar-refractivity contribution in [3.63, 3.8) is 0 Å². The SMILES string of the molecule is Cc1cc(=O)n2nc(N3CCC[C@@H]3C(=O)Nc3ccccc3C)sc2n1. The van der Waals surface area contributed by atoms with Crippen LogP contribution < -0.4 is 15.8 Å². The Hall–Kier alpha value is -2.74. The molecule has 0 unspecified atom stereocenters. The molecule has 2 aromatic heterocycles. The highest BCUT2D eigenvalue weighted by molar-refractivity contribution is 7.20. The molecule has 0 saturated carbocycles. The number of carbonyl (C=O) groups is 1. The first-order chi connectivity index (χ1) is 12.5. The monoisotopic (exact) mass is 369 g/mol. The number of hydrogen-bond donors (Lipinski definition) is 1. The van der Waals surface area contributed by atoms with Crippen LogP contribution in [0.3, 0.4) is 0 Å². The summed E-state index contributed by atoms with van der Waals surface area (Å²) in [4.78, 5) is 31.8. The van der Waals surface area contributed by atoms with E-state index in [4.69, 9.17) is 0 Å². The summed E-state index contributed by atoms with van der Waals surface area (Å²) >= 11 is 1.34. The molecule has 1 amide bonds. The minimum absolute atomic E-state index is 0.0486. The van der Waals surface area contributed by atoms with Gasteiger partial charge in [0.15, 0.2) is 0 Å². The van der Waals surface area contributed by atoms with Crippen LogP contribution in [0.2, 0.25) is 0 Å². The van der Waals surface area contributed by atoms with Crippen molar-refractivity contribution in [2.75, 3.05) is 16.8 Å². The van der Waals surface area contributed by atoms with E-state index in [0.717, 1.165) is 30.6 Å². The molecule has 1 aromatic carbocycles. The lowest BCUT2D eigenvalue weighted by atomic mass is 10.1. The van der Waals surface area contributed by atoms with Crippen LogP contribution in [0.25, 0.3) is 4.96 Å². The van der Waals surface area contributed by atoms with Gasteiger partial charge in [-0.3, -0.25) is 9.59 Å². The van der Waals surface area contributed by atoms with Crippen molar-refractivity contribution in [2.24, 2.45) is 0 Å². The molecule has 1 aliphatic heterocycles. The van der Waals surface area contributed by atoms with E-state index in [9.17, 15) is 9.59 Å². The average Bonchev–Trinajstić information content (AvgIpc) is 3.23. The predicted molar refractivity (Wildman–Crippen MR) is 102 cm³/mol. The van der Waals surface area contributed by atoms with Gasteiger partial charge in [0, 0.05) is 24.0 Å². The van der Waals surface area contributed by atoms with Crippen LogP contribution in [0.1, 0.15) is 24.1 Å². The van der Waals surface area contributed by atoms with Crippen LogP contribution in [0.15, 0.2) is 35.1 Å². The third kappa shape index (κ3) is 2.96. The van der Waals surface area contributed by atoms with Crippen LogP contribution in [0, 0.1) is 13.8 Å². The van der Waals surface area contributed by atoms with Crippen molar-refractivity contribution in [3.8, 4) is 0 Å². The van der Waals surface area contributed by atoms with Gasteiger partial charge in [-0.1, -0.05) is 29.5 Å². The van der Waals surface area contributed by atoms with Crippen molar-refractivity contribution in [1.29, 1.82) is 0 Å². The molecule has 1 N–H and O–H groups in total. The fraction of sp³-hybridized carbons (Fsp3) is 0.333. The Labute approximate surface area is 154 Å². The lowest BCUT2D eigenvalue weighted by Crippen LogP contribution is -2.40. The van der Waals surface area contributed by atoms with Crippen LogP contribution in [0.5, 0.6) is 0 Å². The molecule has 1 atom stereocenters. The highest BCUT2D eigenvalue weighted by atomic mass is 32.1. The minimum Gasteiger partial charge on any atom is -0.335 e. The lowest BCUT2D eigenvalue weighted by Gasteiger charge is -2.23. The maximum absolute atomic E-state index is 12.8. The van der Waals surface area contributed by atoms with Gasteiger partial charge in [0.05, 0.1) is 0 Å². The molecule has 1 fully saturated rings. The van der Waals surface area contributed by atoms with Crippen molar-refractivity contribution < 1.29 is 4.79 Å². The van der Waals surface area contributed by atoms with Crippen molar-refractivity contribution in [2.45, 2.75) is 32.7 Å². The first kappa shape index (κ1) is 16.7. The number of fused-ring (bicyclic) bond motifs is 1. The molecule has 134 valence electrons. The molecule has 0 radical (unpaired) electrons. The molecule has 0 spiro atoms. The number of aryl methyl sites for hydroxylation is 2. The van der Waals surface area contributed by atoms with Crippen molar-refractivity contribution >= 4 is 33.0 Å². The van der Waals surface area contributed by atoms with Crippen LogP contribution in [-0.2, 0) is 4.79 Å². The highest BCUT2D eigenvalue weighted by Gasteiger charge is 2.33. The second-order valence-electron chi connectivity index (χ2n) is 6.47. The molecule has 4 rings (SSSR count). The van der Waals surface area contributed by atoms with Crippen molar-refractivity contribution in [3.05, 3.63) is 51.9 Å². The van der Waals surface area contributed by atoms with Gasteiger partial charge in [0.2, 0.25) is 16.0 Å². The Bertz CT molecular complexity index is 1040. The number of benzene rings is 1. The summed E-state index contributed by atoms with van der Waals surface area (Å²) < 4.78 is 1.31. The fourth-order valence-electron chi connectivity index (χ4n) is 3.22. The topological polar surface area (TPSA) is 79.6 Å². The molecule has 7 nitrogen and oxygen atoms in total. The molecule has 26 heavy (non-hydrogen) atoms. The number of aromatic nitrogens is 3. The zero-order valence-electron chi connectivity index (χ0n) is 14.6. The van der Waals surface area contributed by atoms with E-state index in [2.05, 4.69) is 15.4 Å². The van der Waals surface area contributed by atoms with Gasteiger partial charge in [0.25, 0.3) is 5.56 Å². The maximum Gasteiger partial charge on any atom is 0.275 e. The summed E-state index contributed by atoms with van der Waals surface area (Å²) in [6, 6.07) is 8.88. The van der Waals surface area contributed by atoms with E-state index < -0.39 is 0 Å². The Morgan fingerprint density at radius 1 is 1.31 bits per heavy atom. The van der Waals surface area contributed by atoms with E-state index >= 15 is 0 Å². The van der Waals surface area contributed by atoms with E-state index in [0.29, 0.717) is 15.8 Å². The van der Waals surface area contributed by atoms with E-state index in [-0.39, 0.29) is 17.5 Å². The number of para-hydroxylation sites is 1. The molecular weight excluding hydrogens is 350 g/mol. The quantitative estimate of drug-likeness (QED) is 0.767. The Kier molecular flexibility index (Phi) is 4.20. The second kappa shape index (κ2) is 6.53. The number of nitrogens with one attached hydrogen (secondary N) is 1. The number of amides is 1. The Morgan fingerprint density at radius 2 is 2.12 bits per heavy atom. The zero-order chi connectivity index (χ0) is 18.3. The molecular formula is C18H19N5O2S. The van der Waals surface area contributed by atoms with Crippen LogP contribution >= 0.6 is 11.3 Å². The molecule has 3 heterocycles. The summed E-state index contributed by atoms with van der Waals surface area (Å²) in [5, 5.41) is 8.07. The fourth-order valence-corrected chi connectivity index (χ4v) is 4.25. The zero-order valence-corrected chi connectivity index (χ0v) is 15.4. The highest BCUT2D eigenvalue weighted by Crippen LogP contribution is 2.30. The van der Waals surface area contributed by atoms with Gasteiger partial charge in [-0.05, 0) is 38.3 Å². The van der Waals surface area contributed by atoms with Gasteiger partial charge in [-0.2, -0.15) is 4.52 Å². The standard InChI is InChI=1S/C18H19N5O2S/c1-11-6-3-4-7-13(11)20-16(25)14-8-5-9-22(14)18-21-23-15(24)10-12(2)19-17(23)26-18/h3-4,6-7,10,14H,5,8-9H2,1-2H3,(H,20,25)/t14-/m1/s1. The number of rotatable bonds is 3. The third-order valence-corrected chi connectivity index (χ3v) is 5.51. The van der Waals surface area contributed by atoms with Gasteiger partial charge < -0.3 is 10.2 Å². The first-order valence-electron chi connectivity index (χ1n) is 8.53.